The summed E-state index contributed by atoms with van der Waals surface area (Å²) in [6.07, 6.45) is 0. The van der Waals surface area contributed by atoms with Gasteiger partial charge in [0.25, 0.3) is 0 Å². The lowest BCUT2D eigenvalue weighted by Crippen LogP contribution is -2.19. The molecule has 0 fully saturated rings. The van der Waals surface area contributed by atoms with Gasteiger partial charge in [0.15, 0.2) is 0 Å². The fraction of sp³-hybridized carbons (Fsp3) is 0.200. The molecular formula is C15H17O3P. The molecule has 100 valence electrons. The molecule has 3 nitrogen and oxygen atoms in total. The van der Waals surface area contributed by atoms with Crippen molar-refractivity contribution in [3.05, 3.63) is 48.5 Å². The maximum absolute atomic E-state index is 13.2. The lowest BCUT2D eigenvalue weighted by atomic mass is 10.3. The first kappa shape index (κ1) is 13.7. The van der Waals surface area contributed by atoms with Gasteiger partial charge in [0.05, 0.1) is 19.5 Å². The molecule has 0 bridgehead atoms. The first-order chi connectivity index (χ1) is 9.11. The Morgan fingerprint density at radius 1 is 0.842 bits per heavy atom. The van der Waals surface area contributed by atoms with E-state index in [0.717, 1.165) is 5.30 Å². The SMILES string of the molecule is COc1cccc(OC)c1P(C)(=O)c1ccccc1. The van der Waals surface area contributed by atoms with E-state index >= 15 is 0 Å². The number of hydrogen-bond acceptors (Lipinski definition) is 3. The van der Waals surface area contributed by atoms with Crippen LogP contribution in [0.5, 0.6) is 11.5 Å². The lowest BCUT2D eigenvalue weighted by molar-refractivity contribution is 0.400. The highest BCUT2D eigenvalue weighted by atomic mass is 31.2. The van der Waals surface area contributed by atoms with Crippen LogP contribution in [0, 0.1) is 0 Å². The second-order valence-corrected chi connectivity index (χ2v) is 7.08. The Hall–Kier alpha value is -1.73. The predicted molar refractivity (Wildman–Crippen MR) is 78.8 cm³/mol. The summed E-state index contributed by atoms with van der Waals surface area (Å²) >= 11 is 0. The van der Waals surface area contributed by atoms with E-state index in [0.29, 0.717) is 16.8 Å². The van der Waals surface area contributed by atoms with Crippen LogP contribution in [-0.2, 0) is 4.57 Å². The summed E-state index contributed by atoms with van der Waals surface area (Å²) in [5.74, 6) is 1.18. The molecule has 0 radical (unpaired) electrons. The van der Waals surface area contributed by atoms with E-state index < -0.39 is 7.14 Å². The molecule has 1 unspecified atom stereocenters. The topological polar surface area (TPSA) is 35.5 Å². The van der Waals surface area contributed by atoms with Gasteiger partial charge in [-0.15, -0.1) is 0 Å². The van der Waals surface area contributed by atoms with Crippen molar-refractivity contribution in [2.45, 2.75) is 0 Å². The zero-order valence-corrected chi connectivity index (χ0v) is 12.2. The second kappa shape index (κ2) is 5.50. The Balaban J connectivity index is 2.67. The van der Waals surface area contributed by atoms with Gasteiger partial charge in [-0.2, -0.15) is 0 Å². The predicted octanol–water partition coefficient (Wildman–Crippen LogP) is 2.65. The van der Waals surface area contributed by atoms with Crippen LogP contribution in [0.4, 0.5) is 0 Å². The van der Waals surface area contributed by atoms with Gasteiger partial charge >= 0.3 is 0 Å². The molecule has 0 aliphatic heterocycles. The van der Waals surface area contributed by atoms with Gasteiger partial charge in [-0.3, -0.25) is 0 Å². The van der Waals surface area contributed by atoms with Crippen molar-refractivity contribution in [3.8, 4) is 11.5 Å². The fourth-order valence-electron chi connectivity index (χ4n) is 2.09. The molecule has 0 aliphatic carbocycles. The van der Waals surface area contributed by atoms with Crippen LogP contribution in [0.25, 0.3) is 0 Å². The van der Waals surface area contributed by atoms with Crippen LogP contribution in [0.3, 0.4) is 0 Å². The van der Waals surface area contributed by atoms with Crippen molar-refractivity contribution in [2.75, 3.05) is 20.9 Å². The molecular weight excluding hydrogens is 259 g/mol. The average Bonchev–Trinajstić information content (AvgIpc) is 2.47. The minimum absolute atomic E-state index is 0.592. The van der Waals surface area contributed by atoms with Crippen molar-refractivity contribution in [1.82, 2.24) is 0 Å². The van der Waals surface area contributed by atoms with Gasteiger partial charge < -0.3 is 14.0 Å². The normalized spacial score (nSPS) is 13.6. The van der Waals surface area contributed by atoms with E-state index in [9.17, 15) is 4.57 Å². The van der Waals surface area contributed by atoms with Crippen molar-refractivity contribution in [1.29, 1.82) is 0 Å². The van der Waals surface area contributed by atoms with E-state index in [-0.39, 0.29) is 0 Å². The third-order valence-electron chi connectivity index (χ3n) is 3.08. The van der Waals surface area contributed by atoms with Gasteiger partial charge in [0.2, 0.25) is 0 Å². The molecule has 1 atom stereocenters. The summed E-state index contributed by atoms with van der Waals surface area (Å²) < 4.78 is 23.9. The zero-order valence-electron chi connectivity index (χ0n) is 11.3. The summed E-state index contributed by atoms with van der Waals surface area (Å²) in [6, 6.07) is 14.8. The molecule has 0 aliphatic rings. The van der Waals surface area contributed by atoms with Gasteiger partial charge in [0.1, 0.15) is 18.6 Å². The maximum Gasteiger partial charge on any atom is 0.147 e. The monoisotopic (exact) mass is 276 g/mol. The molecule has 0 amide bonds. The Kier molecular flexibility index (Phi) is 3.96. The van der Waals surface area contributed by atoms with E-state index in [2.05, 4.69) is 0 Å². The van der Waals surface area contributed by atoms with E-state index in [1.165, 1.54) is 0 Å². The second-order valence-electron chi connectivity index (χ2n) is 4.27. The largest absolute Gasteiger partial charge is 0.496 e. The number of methoxy groups -OCH3 is 2. The highest BCUT2D eigenvalue weighted by molar-refractivity contribution is 7.78. The number of rotatable bonds is 4. The maximum atomic E-state index is 13.2. The van der Waals surface area contributed by atoms with Crippen LogP contribution in [-0.4, -0.2) is 20.9 Å². The summed E-state index contributed by atoms with van der Waals surface area (Å²) in [6.45, 7) is 1.74. The number of hydrogen-bond donors (Lipinski definition) is 0. The fourth-order valence-corrected chi connectivity index (χ4v) is 4.27. The van der Waals surface area contributed by atoms with Gasteiger partial charge in [-0.05, 0) is 18.8 Å². The Morgan fingerprint density at radius 2 is 1.37 bits per heavy atom. The quantitative estimate of drug-likeness (QED) is 0.805. The van der Waals surface area contributed by atoms with E-state index in [4.69, 9.17) is 9.47 Å². The third kappa shape index (κ3) is 2.52. The summed E-state index contributed by atoms with van der Waals surface area (Å²) in [5.41, 5.74) is 0. The Labute approximate surface area is 113 Å². The van der Waals surface area contributed by atoms with Crippen LogP contribution in [0.1, 0.15) is 0 Å². The van der Waals surface area contributed by atoms with Crippen LogP contribution >= 0.6 is 7.14 Å². The molecule has 4 heteroatoms. The van der Waals surface area contributed by atoms with E-state index in [1.54, 1.807) is 33.0 Å². The van der Waals surface area contributed by atoms with Crippen LogP contribution in [0.15, 0.2) is 48.5 Å². The molecule has 2 aromatic rings. The number of benzene rings is 2. The van der Waals surface area contributed by atoms with Crippen molar-refractivity contribution < 1.29 is 14.0 Å². The highest BCUT2D eigenvalue weighted by Gasteiger charge is 2.28. The van der Waals surface area contributed by atoms with Gasteiger partial charge in [0, 0.05) is 5.30 Å². The Bertz CT molecular complexity index is 586. The van der Waals surface area contributed by atoms with Gasteiger partial charge in [-0.1, -0.05) is 36.4 Å². The minimum atomic E-state index is -2.76. The molecule has 2 rings (SSSR count). The zero-order chi connectivity index (χ0) is 13.9. The Morgan fingerprint density at radius 3 is 1.84 bits per heavy atom. The van der Waals surface area contributed by atoms with Gasteiger partial charge in [-0.25, -0.2) is 0 Å². The molecule has 0 N–H and O–H groups in total. The molecule has 0 saturated carbocycles. The summed E-state index contributed by atoms with van der Waals surface area (Å²) in [7, 11) is 0.390. The molecule has 0 spiro atoms. The standard InChI is InChI=1S/C15H17O3P/c1-17-13-10-7-11-14(18-2)15(13)19(3,16)12-8-5-4-6-9-12/h4-11H,1-3H3. The molecule has 0 heterocycles. The highest BCUT2D eigenvalue weighted by Crippen LogP contribution is 2.45. The molecule has 19 heavy (non-hydrogen) atoms. The summed E-state index contributed by atoms with van der Waals surface area (Å²) in [4.78, 5) is 0. The van der Waals surface area contributed by atoms with Crippen LogP contribution < -0.4 is 20.1 Å². The smallest absolute Gasteiger partial charge is 0.147 e. The van der Waals surface area contributed by atoms with Crippen molar-refractivity contribution >= 4 is 17.8 Å². The van der Waals surface area contributed by atoms with E-state index in [1.807, 2.05) is 36.4 Å². The third-order valence-corrected chi connectivity index (χ3v) is 5.66. The molecule has 0 aromatic heterocycles. The molecule has 0 saturated heterocycles. The van der Waals surface area contributed by atoms with Crippen LogP contribution in [0.2, 0.25) is 0 Å². The minimum Gasteiger partial charge on any atom is -0.496 e. The number of ether oxygens (including phenoxy) is 2. The first-order valence-electron chi connectivity index (χ1n) is 5.96. The molecule has 2 aromatic carbocycles. The van der Waals surface area contributed by atoms with Crippen molar-refractivity contribution in [3.63, 3.8) is 0 Å². The lowest BCUT2D eigenvalue weighted by Gasteiger charge is -2.19. The summed E-state index contributed by atoms with van der Waals surface area (Å²) in [5, 5.41) is 1.42. The first-order valence-corrected chi connectivity index (χ1v) is 8.11. The van der Waals surface area contributed by atoms with Crippen molar-refractivity contribution in [2.24, 2.45) is 0 Å². The average molecular weight is 276 g/mol.